The van der Waals surface area contributed by atoms with Crippen molar-refractivity contribution in [3.05, 3.63) is 11.6 Å². The molecule has 1 rings (SSSR count). The third-order valence-corrected chi connectivity index (χ3v) is 3.27. The number of hydrogen-bond donors (Lipinski definition) is 1. The zero-order valence-electron chi connectivity index (χ0n) is 9.16. The highest BCUT2D eigenvalue weighted by molar-refractivity contribution is 5.20. The van der Waals surface area contributed by atoms with E-state index in [1.165, 1.54) is 5.57 Å². The second kappa shape index (κ2) is 5.17. The number of hydrogen-bond acceptors (Lipinski definition) is 2. The van der Waals surface area contributed by atoms with Gasteiger partial charge in [0.15, 0.2) is 0 Å². The lowest BCUT2D eigenvalue weighted by molar-refractivity contribution is 0.499. The first-order chi connectivity index (χ1) is 6.69. The van der Waals surface area contributed by atoms with Crippen LogP contribution in [0.4, 0.5) is 0 Å². The Labute approximate surface area is 86.8 Å². The molecule has 2 unspecified atom stereocenters. The summed E-state index contributed by atoms with van der Waals surface area (Å²) in [5, 5.41) is 8.91. The van der Waals surface area contributed by atoms with E-state index < -0.39 is 0 Å². The second-order valence-electron chi connectivity index (χ2n) is 4.28. The summed E-state index contributed by atoms with van der Waals surface area (Å²) in [5.41, 5.74) is 7.32. The van der Waals surface area contributed by atoms with Crippen molar-refractivity contribution in [2.24, 2.45) is 17.6 Å². The fraction of sp³-hybridized carbons (Fsp3) is 0.750. The lowest BCUT2D eigenvalue weighted by atomic mass is 9.95. The molecule has 3 atom stereocenters. The van der Waals surface area contributed by atoms with Crippen LogP contribution in [0.25, 0.3) is 0 Å². The Bertz CT molecular complexity index is 250. The lowest BCUT2D eigenvalue weighted by Crippen LogP contribution is -2.26. The Morgan fingerprint density at radius 1 is 1.71 bits per heavy atom. The van der Waals surface area contributed by atoms with E-state index in [9.17, 15) is 0 Å². The summed E-state index contributed by atoms with van der Waals surface area (Å²) in [5.74, 6) is 0.660. The molecule has 0 amide bonds. The molecule has 2 N–H and O–H groups in total. The smallest absolute Gasteiger partial charge is 0.0700 e. The number of allylic oxidation sites excluding steroid dienone is 1. The molecule has 2 nitrogen and oxygen atoms in total. The summed E-state index contributed by atoms with van der Waals surface area (Å²) < 4.78 is 0. The standard InChI is InChI=1S/C12H20N2/c1-3-9(2)12(14)7-10-5-4-6-11(10)8-13/h7,9,11-12H,3-6,14H2,1-2H3/t9-,11?,12?/m1/s1. The minimum Gasteiger partial charge on any atom is -0.324 e. The minimum absolute atomic E-state index is 0.129. The highest BCUT2D eigenvalue weighted by atomic mass is 14.6. The van der Waals surface area contributed by atoms with Crippen LogP contribution in [0.2, 0.25) is 0 Å². The lowest BCUT2D eigenvalue weighted by Gasteiger charge is -2.15. The zero-order chi connectivity index (χ0) is 10.6. The Balaban J connectivity index is 2.63. The number of rotatable bonds is 3. The summed E-state index contributed by atoms with van der Waals surface area (Å²) in [6.07, 6.45) is 6.48. The van der Waals surface area contributed by atoms with E-state index in [2.05, 4.69) is 26.0 Å². The van der Waals surface area contributed by atoms with Crippen molar-refractivity contribution in [3.63, 3.8) is 0 Å². The fourth-order valence-corrected chi connectivity index (χ4v) is 1.90. The highest BCUT2D eigenvalue weighted by Crippen LogP contribution is 2.31. The summed E-state index contributed by atoms with van der Waals surface area (Å²) in [6.45, 7) is 4.32. The van der Waals surface area contributed by atoms with Gasteiger partial charge < -0.3 is 5.73 Å². The summed E-state index contributed by atoms with van der Waals surface area (Å²) in [4.78, 5) is 0. The van der Waals surface area contributed by atoms with Crippen LogP contribution in [0.3, 0.4) is 0 Å². The van der Waals surface area contributed by atoms with Crippen LogP contribution in [0.15, 0.2) is 11.6 Å². The topological polar surface area (TPSA) is 49.8 Å². The Morgan fingerprint density at radius 3 is 3.00 bits per heavy atom. The van der Waals surface area contributed by atoms with Crippen LogP contribution in [0, 0.1) is 23.2 Å². The minimum atomic E-state index is 0.129. The zero-order valence-corrected chi connectivity index (χ0v) is 9.16. The first-order valence-corrected chi connectivity index (χ1v) is 5.54. The van der Waals surface area contributed by atoms with Crippen LogP contribution in [-0.4, -0.2) is 6.04 Å². The predicted octanol–water partition coefficient (Wildman–Crippen LogP) is 2.61. The van der Waals surface area contributed by atoms with Gasteiger partial charge in [0.05, 0.1) is 12.0 Å². The number of nitrogens with two attached hydrogens (primary N) is 1. The molecule has 0 aliphatic heterocycles. The van der Waals surface area contributed by atoms with E-state index in [-0.39, 0.29) is 12.0 Å². The van der Waals surface area contributed by atoms with Crippen molar-refractivity contribution in [1.29, 1.82) is 5.26 Å². The summed E-state index contributed by atoms with van der Waals surface area (Å²) >= 11 is 0. The SMILES string of the molecule is CC[C@@H](C)C(N)C=C1CCCC1C#N. The van der Waals surface area contributed by atoms with Crippen LogP contribution in [-0.2, 0) is 0 Å². The molecule has 2 heteroatoms. The fourth-order valence-electron chi connectivity index (χ4n) is 1.90. The third-order valence-electron chi connectivity index (χ3n) is 3.27. The molecule has 1 fully saturated rings. The first-order valence-electron chi connectivity index (χ1n) is 5.54. The maximum absolute atomic E-state index is 8.91. The van der Waals surface area contributed by atoms with Gasteiger partial charge in [-0.2, -0.15) is 5.26 Å². The van der Waals surface area contributed by atoms with Gasteiger partial charge in [-0.25, -0.2) is 0 Å². The average Bonchev–Trinajstić information content (AvgIpc) is 2.63. The molecule has 0 aromatic rings. The third kappa shape index (κ3) is 2.59. The molecule has 0 radical (unpaired) electrons. The van der Waals surface area contributed by atoms with Crippen molar-refractivity contribution in [2.45, 2.75) is 45.6 Å². The van der Waals surface area contributed by atoms with Crippen LogP contribution in [0.5, 0.6) is 0 Å². The summed E-state index contributed by atoms with van der Waals surface area (Å²) in [7, 11) is 0. The Kier molecular flexibility index (Phi) is 4.16. The van der Waals surface area contributed by atoms with Crippen LogP contribution >= 0.6 is 0 Å². The maximum atomic E-state index is 8.91. The molecule has 0 saturated heterocycles. The van der Waals surface area contributed by atoms with Gasteiger partial charge in [0.25, 0.3) is 0 Å². The van der Waals surface area contributed by atoms with E-state index in [1.54, 1.807) is 0 Å². The first kappa shape index (κ1) is 11.3. The molecule has 0 bridgehead atoms. The van der Waals surface area contributed by atoms with E-state index >= 15 is 0 Å². The molecular formula is C12H20N2. The summed E-state index contributed by atoms with van der Waals surface area (Å²) in [6, 6.07) is 2.48. The highest BCUT2D eigenvalue weighted by Gasteiger charge is 2.21. The Hall–Kier alpha value is -0.810. The van der Waals surface area contributed by atoms with Crippen LogP contribution < -0.4 is 5.73 Å². The average molecular weight is 192 g/mol. The quantitative estimate of drug-likeness (QED) is 0.699. The second-order valence-corrected chi connectivity index (χ2v) is 4.28. The van der Waals surface area contributed by atoms with Gasteiger partial charge in [-0.05, 0) is 25.2 Å². The monoisotopic (exact) mass is 192 g/mol. The van der Waals surface area contributed by atoms with Gasteiger partial charge in [-0.1, -0.05) is 31.9 Å². The van der Waals surface area contributed by atoms with E-state index in [1.807, 2.05) is 0 Å². The van der Waals surface area contributed by atoms with Crippen LogP contribution in [0.1, 0.15) is 39.5 Å². The molecule has 1 aliphatic carbocycles. The molecule has 0 heterocycles. The van der Waals surface area contributed by atoms with Gasteiger partial charge in [0.2, 0.25) is 0 Å². The van der Waals surface area contributed by atoms with Gasteiger partial charge in [-0.15, -0.1) is 0 Å². The Morgan fingerprint density at radius 2 is 2.43 bits per heavy atom. The predicted molar refractivity (Wildman–Crippen MR) is 58.5 cm³/mol. The van der Waals surface area contributed by atoms with E-state index in [0.717, 1.165) is 25.7 Å². The maximum Gasteiger partial charge on any atom is 0.0700 e. The van der Waals surface area contributed by atoms with Gasteiger partial charge in [-0.3, -0.25) is 0 Å². The molecule has 1 aliphatic rings. The van der Waals surface area contributed by atoms with Crippen molar-refractivity contribution in [1.82, 2.24) is 0 Å². The van der Waals surface area contributed by atoms with E-state index in [4.69, 9.17) is 11.0 Å². The molecule has 14 heavy (non-hydrogen) atoms. The molecule has 0 spiro atoms. The van der Waals surface area contributed by atoms with Gasteiger partial charge in [0.1, 0.15) is 0 Å². The number of nitriles is 1. The van der Waals surface area contributed by atoms with Crippen molar-refractivity contribution >= 4 is 0 Å². The molecule has 78 valence electrons. The molecule has 0 aromatic heterocycles. The molecule has 1 saturated carbocycles. The van der Waals surface area contributed by atoms with Gasteiger partial charge >= 0.3 is 0 Å². The molecule has 0 aromatic carbocycles. The van der Waals surface area contributed by atoms with E-state index in [0.29, 0.717) is 5.92 Å². The largest absolute Gasteiger partial charge is 0.324 e. The molecular weight excluding hydrogens is 172 g/mol. The normalized spacial score (nSPS) is 28.7. The van der Waals surface area contributed by atoms with Crippen molar-refractivity contribution in [3.8, 4) is 6.07 Å². The number of nitrogens with zero attached hydrogens (tertiary/aromatic N) is 1. The van der Waals surface area contributed by atoms with Gasteiger partial charge in [0, 0.05) is 6.04 Å². The van der Waals surface area contributed by atoms with Crippen molar-refractivity contribution in [2.75, 3.05) is 0 Å². The van der Waals surface area contributed by atoms with Crippen molar-refractivity contribution < 1.29 is 0 Å².